The minimum atomic E-state index is 0.254. The van der Waals surface area contributed by atoms with Crippen LogP contribution in [-0.2, 0) is 0 Å². The molecule has 15 heavy (non-hydrogen) atoms. The zero-order chi connectivity index (χ0) is 11.5. The predicted molar refractivity (Wildman–Crippen MR) is 66.2 cm³/mol. The molecule has 0 aromatic heterocycles. The number of hydrogen-bond donors (Lipinski definition) is 2. The van der Waals surface area contributed by atoms with Gasteiger partial charge >= 0.3 is 0 Å². The lowest BCUT2D eigenvalue weighted by Gasteiger charge is -2.23. The molecule has 0 aromatic rings. The predicted octanol–water partition coefficient (Wildman–Crippen LogP) is 1.47. The molecular formula is C12H28N2O. The van der Waals surface area contributed by atoms with Crippen molar-refractivity contribution in [2.24, 2.45) is 0 Å². The van der Waals surface area contributed by atoms with Crippen LogP contribution in [-0.4, -0.2) is 48.8 Å². The Balaban J connectivity index is 3.66. The third-order valence-corrected chi connectivity index (χ3v) is 2.68. The molecule has 0 bridgehead atoms. The highest BCUT2D eigenvalue weighted by Gasteiger charge is 2.08. The van der Waals surface area contributed by atoms with Crippen LogP contribution in [0.5, 0.6) is 0 Å². The molecule has 0 saturated heterocycles. The molecule has 0 aliphatic rings. The fourth-order valence-corrected chi connectivity index (χ4v) is 1.69. The Morgan fingerprint density at radius 2 is 1.87 bits per heavy atom. The lowest BCUT2D eigenvalue weighted by Crippen LogP contribution is -2.37. The lowest BCUT2D eigenvalue weighted by atomic mass is 10.2. The van der Waals surface area contributed by atoms with Gasteiger partial charge in [-0.1, -0.05) is 20.8 Å². The third kappa shape index (κ3) is 7.77. The second-order valence-corrected chi connectivity index (χ2v) is 4.06. The lowest BCUT2D eigenvalue weighted by molar-refractivity contribution is 0.209. The van der Waals surface area contributed by atoms with E-state index in [2.05, 4.69) is 31.0 Å². The second-order valence-electron chi connectivity index (χ2n) is 4.06. The van der Waals surface area contributed by atoms with Gasteiger partial charge in [-0.05, 0) is 45.4 Å². The van der Waals surface area contributed by atoms with Crippen molar-refractivity contribution in [2.75, 3.05) is 32.8 Å². The molecule has 0 aliphatic heterocycles. The zero-order valence-electron chi connectivity index (χ0n) is 10.6. The van der Waals surface area contributed by atoms with Crippen LogP contribution in [0.1, 0.15) is 40.0 Å². The Labute approximate surface area is 94.9 Å². The zero-order valence-corrected chi connectivity index (χ0v) is 10.6. The molecule has 0 amide bonds. The molecule has 2 N–H and O–H groups in total. The van der Waals surface area contributed by atoms with Crippen LogP contribution in [0.2, 0.25) is 0 Å². The van der Waals surface area contributed by atoms with Crippen molar-refractivity contribution in [2.45, 2.75) is 46.1 Å². The number of rotatable bonds is 10. The number of hydrogen-bond acceptors (Lipinski definition) is 3. The summed E-state index contributed by atoms with van der Waals surface area (Å²) < 4.78 is 0. The topological polar surface area (TPSA) is 35.5 Å². The van der Waals surface area contributed by atoms with Crippen LogP contribution in [0.15, 0.2) is 0 Å². The van der Waals surface area contributed by atoms with Gasteiger partial charge in [0.2, 0.25) is 0 Å². The summed E-state index contributed by atoms with van der Waals surface area (Å²) in [6.45, 7) is 11.2. The van der Waals surface area contributed by atoms with E-state index >= 15 is 0 Å². The molecule has 0 fully saturated rings. The summed E-state index contributed by atoms with van der Waals surface area (Å²) in [6.07, 6.45) is 3.38. The van der Waals surface area contributed by atoms with Gasteiger partial charge in [0.1, 0.15) is 0 Å². The number of aliphatic hydroxyl groups is 1. The van der Waals surface area contributed by atoms with E-state index in [1.807, 2.05) is 0 Å². The highest BCUT2D eigenvalue weighted by atomic mass is 16.3. The average Bonchev–Trinajstić information content (AvgIpc) is 2.27. The average molecular weight is 216 g/mol. The molecule has 1 atom stereocenters. The summed E-state index contributed by atoms with van der Waals surface area (Å²) in [4.78, 5) is 2.44. The van der Waals surface area contributed by atoms with Crippen LogP contribution in [0.3, 0.4) is 0 Å². The standard InChI is InChI=1S/C12H28N2O/c1-4-8-13-12(11-15)7-10-14(6-3)9-5-2/h12-13,15H,4-11H2,1-3H3. The fourth-order valence-electron chi connectivity index (χ4n) is 1.69. The highest BCUT2D eigenvalue weighted by Crippen LogP contribution is 1.98. The van der Waals surface area contributed by atoms with Crippen LogP contribution in [0, 0.1) is 0 Å². The molecule has 0 aliphatic carbocycles. The first-order chi connectivity index (χ1) is 7.28. The largest absolute Gasteiger partial charge is 0.395 e. The molecule has 0 saturated carbocycles. The van der Waals surface area contributed by atoms with Crippen LogP contribution in [0.25, 0.3) is 0 Å². The van der Waals surface area contributed by atoms with Crippen molar-refractivity contribution in [1.29, 1.82) is 0 Å². The Morgan fingerprint density at radius 3 is 2.33 bits per heavy atom. The van der Waals surface area contributed by atoms with E-state index < -0.39 is 0 Å². The molecule has 0 spiro atoms. The molecule has 3 heteroatoms. The van der Waals surface area contributed by atoms with Gasteiger partial charge in [-0.15, -0.1) is 0 Å². The van der Waals surface area contributed by atoms with E-state index in [1.165, 1.54) is 13.0 Å². The Hall–Kier alpha value is -0.120. The molecule has 1 unspecified atom stereocenters. The first kappa shape index (κ1) is 14.9. The normalized spacial score (nSPS) is 13.4. The van der Waals surface area contributed by atoms with Gasteiger partial charge < -0.3 is 15.3 Å². The molecular weight excluding hydrogens is 188 g/mol. The number of nitrogens with one attached hydrogen (secondary N) is 1. The minimum Gasteiger partial charge on any atom is -0.395 e. The molecule has 0 radical (unpaired) electrons. The van der Waals surface area contributed by atoms with Gasteiger partial charge in [0.05, 0.1) is 6.61 Å². The van der Waals surface area contributed by atoms with Crippen molar-refractivity contribution in [1.82, 2.24) is 10.2 Å². The first-order valence-corrected chi connectivity index (χ1v) is 6.34. The van der Waals surface area contributed by atoms with Crippen molar-refractivity contribution in [3.8, 4) is 0 Å². The van der Waals surface area contributed by atoms with Gasteiger partial charge in [-0.3, -0.25) is 0 Å². The van der Waals surface area contributed by atoms with E-state index in [0.29, 0.717) is 0 Å². The van der Waals surface area contributed by atoms with E-state index in [1.54, 1.807) is 0 Å². The van der Waals surface area contributed by atoms with Crippen molar-refractivity contribution in [3.05, 3.63) is 0 Å². The quantitative estimate of drug-likeness (QED) is 0.580. The van der Waals surface area contributed by atoms with Crippen molar-refractivity contribution >= 4 is 0 Å². The second kappa shape index (κ2) is 10.4. The van der Waals surface area contributed by atoms with E-state index in [9.17, 15) is 5.11 Å². The highest BCUT2D eigenvalue weighted by molar-refractivity contribution is 4.67. The fraction of sp³-hybridized carbons (Fsp3) is 1.00. The third-order valence-electron chi connectivity index (χ3n) is 2.68. The monoisotopic (exact) mass is 216 g/mol. The maximum absolute atomic E-state index is 9.19. The number of aliphatic hydroxyl groups excluding tert-OH is 1. The molecule has 92 valence electrons. The Morgan fingerprint density at radius 1 is 1.13 bits per heavy atom. The van der Waals surface area contributed by atoms with Crippen LogP contribution >= 0.6 is 0 Å². The van der Waals surface area contributed by atoms with Gasteiger partial charge in [0, 0.05) is 6.04 Å². The SMILES string of the molecule is CCCNC(CO)CCN(CC)CCC. The van der Waals surface area contributed by atoms with Gasteiger partial charge in [-0.2, -0.15) is 0 Å². The molecule has 0 heterocycles. The van der Waals surface area contributed by atoms with Crippen molar-refractivity contribution in [3.63, 3.8) is 0 Å². The van der Waals surface area contributed by atoms with Gasteiger partial charge in [-0.25, -0.2) is 0 Å². The Kier molecular flexibility index (Phi) is 10.3. The minimum absolute atomic E-state index is 0.254. The van der Waals surface area contributed by atoms with Crippen LogP contribution < -0.4 is 5.32 Å². The maximum atomic E-state index is 9.19. The maximum Gasteiger partial charge on any atom is 0.0585 e. The smallest absolute Gasteiger partial charge is 0.0585 e. The van der Waals surface area contributed by atoms with Crippen LogP contribution in [0.4, 0.5) is 0 Å². The van der Waals surface area contributed by atoms with Crippen molar-refractivity contribution < 1.29 is 5.11 Å². The molecule has 0 rings (SSSR count). The van der Waals surface area contributed by atoms with E-state index in [-0.39, 0.29) is 12.6 Å². The summed E-state index contributed by atoms with van der Waals surface area (Å²) in [6, 6.07) is 0.274. The molecule has 0 aromatic carbocycles. The summed E-state index contributed by atoms with van der Waals surface area (Å²) >= 11 is 0. The van der Waals surface area contributed by atoms with Gasteiger partial charge in [0.15, 0.2) is 0 Å². The summed E-state index contributed by atoms with van der Waals surface area (Å²) in [5, 5.41) is 12.6. The van der Waals surface area contributed by atoms with Gasteiger partial charge in [0.25, 0.3) is 0 Å². The van der Waals surface area contributed by atoms with E-state index in [4.69, 9.17) is 0 Å². The first-order valence-electron chi connectivity index (χ1n) is 6.34. The summed E-state index contributed by atoms with van der Waals surface area (Å²) in [5.74, 6) is 0. The molecule has 3 nitrogen and oxygen atoms in total. The summed E-state index contributed by atoms with van der Waals surface area (Å²) in [5.41, 5.74) is 0. The summed E-state index contributed by atoms with van der Waals surface area (Å²) in [7, 11) is 0. The Bertz CT molecular complexity index is 131. The number of nitrogens with zero attached hydrogens (tertiary/aromatic N) is 1. The van der Waals surface area contributed by atoms with E-state index in [0.717, 1.165) is 32.5 Å².